The van der Waals surface area contributed by atoms with E-state index in [1.54, 1.807) is 12.3 Å². The van der Waals surface area contributed by atoms with Crippen molar-refractivity contribution >= 4 is 11.9 Å². The van der Waals surface area contributed by atoms with E-state index < -0.39 is 0 Å². The molecule has 1 aromatic carbocycles. The fraction of sp³-hybridized carbons (Fsp3) is 0.450. The van der Waals surface area contributed by atoms with Gasteiger partial charge in [0.15, 0.2) is 0 Å². The average Bonchev–Trinajstić information content (AvgIpc) is 2.67. The SMILES string of the molecule is CCC1CCCCN1C(=O)c1ccnc(NCc2ccc(C)cc2)n1. The minimum absolute atomic E-state index is 0.0207. The van der Waals surface area contributed by atoms with E-state index in [-0.39, 0.29) is 5.91 Å². The van der Waals surface area contributed by atoms with Crippen LogP contribution < -0.4 is 5.32 Å². The molecule has 3 rings (SSSR count). The summed E-state index contributed by atoms with van der Waals surface area (Å²) in [4.78, 5) is 23.5. The van der Waals surface area contributed by atoms with Gasteiger partial charge in [0.05, 0.1) is 0 Å². The van der Waals surface area contributed by atoms with Crippen molar-refractivity contribution in [3.8, 4) is 0 Å². The maximum absolute atomic E-state index is 12.8. The summed E-state index contributed by atoms with van der Waals surface area (Å²) in [6.07, 6.45) is 6.02. The zero-order valence-electron chi connectivity index (χ0n) is 15.0. The quantitative estimate of drug-likeness (QED) is 0.901. The number of benzene rings is 1. The smallest absolute Gasteiger partial charge is 0.272 e. The molecule has 0 spiro atoms. The Balaban J connectivity index is 1.68. The van der Waals surface area contributed by atoms with Gasteiger partial charge in [-0.2, -0.15) is 0 Å². The lowest BCUT2D eigenvalue weighted by molar-refractivity contribution is 0.0602. The molecule has 0 bridgehead atoms. The molecule has 132 valence electrons. The van der Waals surface area contributed by atoms with Crippen LogP contribution in [0.1, 0.15) is 54.2 Å². The molecule has 5 nitrogen and oxygen atoms in total. The maximum Gasteiger partial charge on any atom is 0.272 e. The van der Waals surface area contributed by atoms with Crippen molar-refractivity contribution in [2.75, 3.05) is 11.9 Å². The number of carbonyl (C=O) groups is 1. The first-order valence-electron chi connectivity index (χ1n) is 9.11. The molecule has 0 radical (unpaired) electrons. The molecule has 1 atom stereocenters. The van der Waals surface area contributed by atoms with Crippen molar-refractivity contribution in [1.82, 2.24) is 14.9 Å². The summed E-state index contributed by atoms with van der Waals surface area (Å²) in [7, 11) is 0. The van der Waals surface area contributed by atoms with Crippen LogP contribution in [-0.4, -0.2) is 33.4 Å². The fourth-order valence-electron chi connectivity index (χ4n) is 3.29. The van der Waals surface area contributed by atoms with Gasteiger partial charge in [0.25, 0.3) is 5.91 Å². The van der Waals surface area contributed by atoms with E-state index in [2.05, 4.69) is 53.4 Å². The van der Waals surface area contributed by atoms with Crippen LogP contribution in [0.5, 0.6) is 0 Å². The highest BCUT2D eigenvalue weighted by atomic mass is 16.2. The number of hydrogen-bond donors (Lipinski definition) is 1. The van der Waals surface area contributed by atoms with Gasteiger partial charge in [-0.3, -0.25) is 4.79 Å². The van der Waals surface area contributed by atoms with Crippen molar-refractivity contribution in [2.24, 2.45) is 0 Å². The van der Waals surface area contributed by atoms with Gasteiger partial charge in [-0.05, 0) is 44.2 Å². The van der Waals surface area contributed by atoms with Crippen LogP contribution >= 0.6 is 0 Å². The summed E-state index contributed by atoms with van der Waals surface area (Å²) < 4.78 is 0. The summed E-state index contributed by atoms with van der Waals surface area (Å²) >= 11 is 0. The summed E-state index contributed by atoms with van der Waals surface area (Å²) in [6.45, 7) is 5.68. The van der Waals surface area contributed by atoms with E-state index in [4.69, 9.17) is 0 Å². The van der Waals surface area contributed by atoms with Gasteiger partial charge in [0, 0.05) is 25.3 Å². The first-order chi connectivity index (χ1) is 12.2. The van der Waals surface area contributed by atoms with Crippen LogP contribution in [0.4, 0.5) is 5.95 Å². The lowest BCUT2D eigenvalue weighted by Crippen LogP contribution is -2.43. The normalized spacial score (nSPS) is 17.4. The maximum atomic E-state index is 12.8. The van der Waals surface area contributed by atoms with Gasteiger partial charge < -0.3 is 10.2 Å². The first kappa shape index (κ1) is 17.4. The molecule has 5 heteroatoms. The molecule has 25 heavy (non-hydrogen) atoms. The lowest BCUT2D eigenvalue weighted by atomic mass is 9.99. The van der Waals surface area contributed by atoms with Crippen LogP contribution in [0.3, 0.4) is 0 Å². The number of anilines is 1. The number of aryl methyl sites for hydroxylation is 1. The molecule has 2 heterocycles. The van der Waals surface area contributed by atoms with E-state index in [9.17, 15) is 4.79 Å². The second-order valence-electron chi connectivity index (χ2n) is 6.66. The van der Waals surface area contributed by atoms with Gasteiger partial charge in [-0.15, -0.1) is 0 Å². The Kier molecular flexibility index (Phi) is 5.64. The first-order valence-corrected chi connectivity index (χ1v) is 9.11. The molecule has 1 amide bonds. The molecular weight excluding hydrogens is 312 g/mol. The Labute approximate surface area is 149 Å². The Bertz CT molecular complexity index is 714. The molecule has 1 unspecified atom stereocenters. The Morgan fingerprint density at radius 1 is 1.24 bits per heavy atom. The second kappa shape index (κ2) is 8.10. The van der Waals surface area contributed by atoms with E-state index in [0.29, 0.717) is 24.2 Å². The molecule has 1 aromatic heterocycles. The number of hydrogen-bond acceptors (Lipinski definition) is 4. The second-order valence-corrected chi connectivity index (χ2v) is 6.66. The lowest BCUT2D eigenvalue weighted by Gasteiger charge is -2.35. The molecule has 0 aliphatic carbocycles. The zero-order valence-corrected chi connectivity index (χ0v) is 15.0. The average molecular weight is 338 g/mol. The van der Waals surface area contributed by atoms with Gasteiger partial charge in [0.2, 0.25) is 5.95 Å². The minimum Gasteiger partial charge on any atom is -0.350 e. The van der Waals surface area contributed by atoms with E-state index >= 15 is 0 Å². The van der Waals surface area contributed by atoms with Gasteiger partial charge in [-0.25, -0.2) is 9.97 Å². The summed E-state index contributed by atoms with van der Waals surface area (Å²) in [6, 6.07) is 10.4. The molecule has 1 aliphatic heterocycles. The number of carbonyl (C=O) groups excluding carboxylic acids is 1. The van der Waals surface area contributed by atoms with Crippen LogP contribution in [0.15, 0.2) is 36.5 Å². The molecule has 1 aliphatic rings. The molecule has 1 saturated heterocycles. The Morgan fingerprint density at radius 3 is 2.80 bits per heavy atom. The number of piperidine rings is 1. The fourth-order valence-corrected chi connectivity index (χ4v) is 3.29. The van der Waals surface area contributed by atoms with Crippen LogP contribution in [0.25, 0.3) is 0 Å². The van der Waals surface area contributed by atoms with E-state index in [1.165, 1.54) is 12.0 Å². The van der Waals surface area contributed by atoms with Crippen LogP contribution in [-0.2, 0) is 6.54 Å². The number of nitrogens with one attached hydrogen (secondary N) is 1. The number of nitrogens with zero attached hydrogens (tertiary/aromatic N) is 3. The zero-order chi connectivity index (χ0) is 17.6. The standard InChI is InChI=1S/C20H26N4O/c1-3-17-6-4-5-13-24(17)19(25)18-11-12-21-20(23-18)22-14-16-9-7-15(2)8-10-16/h7-12,17H,3-6,13-14H2,1-2H3,(H,21,22,23). The third kappa shape index (κ3) is 4.35. The van der Waals surface area contributed by atoms with Crippen LogP contribution in [0, 0.1) is 6.92 Å². The topological polar surface area (TPSA) is 58.1 Å². The third-order valence-corrected chi connectivity index (χ3v) is 4.81. The molecule has 0 saturated carbocycles. The third-order valence-electron chi connectivity index (χ3n) is 4.81. The Morgan fingerprint density at radius 2 is 2.04 bits per heavy atom. The predicted octanol–water partition coefficient (Wildman–Crippen LogP) is 3.80. The highest BCUT2D eigenvalue weighted by molar-refractivity contribution is 5.92. The summed E-state index contributed by atoms with van der Waals surface area (Å²) in [5.41, 5.74) is 2.87. The number of likely N-dealkylation sites (tertiary alicyclic amines) is 1. The molecule has 1 N–H and O–H groups in total. The highest BCUT2D eigenvalue weighted by Gasteiger charge is 2.27. The highest BCUT2D eigenvalue weighted by Crippen LogP contribution is 2.21. The predicted molar refractivity (Wildman–Crippen MR) is 99.5 cm³/mol. The number of aromatic nitrogens is 2. The van der Waals surface area contributed by atoms with Crippen molar-refractivity contribution in [2.45, 2.75) is 52.1 Å². The minimum atomic E-state index is 0.0207. The van der Waals surface area contributed by atoms with Crippen molar-refractivity contribution < 1.29 is 4.79 Å². The van der Waals surface area contributed by atoms with E-state index in [0.717, 1.165) is 31.4 Å². The molecular formula is C20H26N4O. The van der Waals surface area contributed by atoms with Crippen LogP contribution in [0.2, 0.25) is 0 Å². The largest absolute Gasteiger partial charge is 0.350 e. The Hall–Kier alpha value is -2.43. The van der Waals surface area contributed by atoms with E-state index in [1.807, 2.05) is 4.90 Å². The summed E-state index contributed by atoms with van der Waals surface area (Å²) in [5.74, 6) is 0.517. The number of rotatable bonds is 5. The monoisotopic (exact) mass is 338 g/mol. The summed E-state index contributed by atoms with van der Waals surface area (Å²) in [5, 5.41) is 3.21. The van der Waals surface area contributed by atoms with Crippen molar-refractivity contribution in [3.05, 3.63) is 53.3 Å². The van der Waals surface area contributed by atoms with Gasteiger partial charge in [-0.1, -0.05) is 36.8 Å². The number of amides is 1. The van der Waals surface area contributed by atoms with Gasteiger partial charge in [0.1, 0.15) is 5.69 Å². The molecule has 2 aromatic rings. The molecule has 1 fully saturated rings. The van der Waals surface area contributed by atoms with Crippen molar-refractivity contribution in [3.63, 3.8) is 0 Å². The van der Waals surface area contributed by atoms with Crippen molar-refractivity contribution in [1.29, 1.82) is 0 Å². The van der Waals surface area contributed by atoms with Gasteiger partial charge >= 0.3 is 0 Å².